The van der Waals surface area contributed by atoms with Crippen molar-refractivity contribution in [2.75, 3.05) is 26.2 Å². The average molecular weight is 389 g/mol. The zero-order valence-corrected chi connectivity index (χ0v) is 16.2. The number of sulfonamides is 1. The van der Waals surface area contributed by atoms with Crippen LogP contribution in [0.3, 0.4) is 0 Å². The summed E-state index contributed by atoms with van der Waals surface area (Å²) < 4.78 is 40.7. The van der Waals surface area contributed by atoms with Gasteiger partial charge in [0.15, 0.2) is 0 Å². The van der Waals surface area contributed by atoms with Gasteiger partial charge in [-0.25, -0.2) is 17.1 Å². The molecule has 0 radical (unpaired) electrons. The van der Waals surface area contributed by atoms with Crippen LogP contribution >= 0.6 is 0 Å². The second-order valence-electron chi connectivity index (χ2n) is 7.92. The first-order valence-corrected chi connectivity index (χ1v) is 11.0. The van der Waals surface area contributed by atoms with Crippen LogP contribution in [0.15, 0.2) is 54.6 Å². The van der Waals surface area contributed by atoms with Crippen molar-refractivity contribution in [2.45, 2.75) is 25.1 Å². The van der Waals surface area contributed by atoms with E-state index in [2.05, 4.69) is 4.90 Å². The number of rotatable bonds is 5. The van der Waals surface area contributed by atoms with Gasteiger partial charge in [-0.2, -0.15) is 0 Å². The molecule has 4 nitrogen and oxygen atoms in total. The number of benzene rings is 2. The molecular weight excluding hydrogens is 363 g/mol. The molecule has 2 heterocycles. The minimum Gasteiger partial charge on any atom is -0.298 e. The summed E-state index contributed by atoms with van der Waals surface area (Å²) in [7, 11) is -3.29. The topological polar surface area (TPSA) is 40.6 Å². The summed E-state index contributed by atoms with van der Waals surface area (Å²) in [4.78, 5) is 2.32. The normalized spacial score (nSPS) is 24.0. The van der Waals surface area contributed by atoms with Crippen molar-refractivity contribution in [1.82, 2.24) is 9.21 Å². The van der Waals surface area contributed by atoms with E-state index in [0.29, 0.717) is 13.1 Å². The van der Waals surface area contributed by atoms with Crippen molar-refractivity contribution >= 4 is 10.0 Å². The highest BCUT2D eigenvalue weighted by Gasteiger charge is 2.46. The maximum Gasteiger partial charge on any atom is 0.218 e. The standard InChI is InChI=1S/C21H25FN2O2S/c22-20-8-4-7-19(13-20)14-23-11-9-21(16-23)10-12-24(17-21)27(25,26)15-18-5-2-1-3-6-18/h1-8,13H,9-12,14-17H2. The molecule has 144 valence electrons. The lowest BCUT2D eigenvalue weighted by Crippen LogP contribution is -2.34. The zero-order valence-electron chi connectivity index (χ0n) is 15.4. The highest BCUT2D eigenvalue weighted by Crippen LogP contribution is 2.41. The van der Waals surface area contributed by atoms with Crippen LogP contribution in [-0.2, 0) is 22.3 Å². The molecule has 2 aliphatic heterocycles. The fourth-order valence-corrected chi connectivity index (χ4v) is 6.03. The quantitative estimate of drug-likeness (QED) is 0.789. The third-order valence-corrected chi connectivity index (χ3v) is 7.60. The summed E-state index contributed by atoms with van der Waals surface area (Å²) in [5.74, 6) is -0.142. The molecule has 0 amide bonds. The molecule has 2 aliphatic rings. The molecule has 2 aromatic rings. The SMILES string of the molecule is O=S(=O)(Cc1ccccc1)N1CCC2(CCN(Cc3cccc(F)c3)C2)C1. The Labute approximate surface area is 160 Å². The first-order chi connectivity index (χ1) is 12.9. The lowest BCUT2D eigenvalue weighted by molar-refractivity contribution is 0.260. The predicted octanol–water partition coefficient (Wildman–Crippen LogP) is 3.25. The average Bonchev–Trinajstić information content (AvgIpc) is 3.23. The van der Waals surface area contributed by atoms with Crippen molar-refractivity contribution in [3.05, 3.63) is 71.5 Å². The summed E-state index contributed by atoms with van der Waals surface area (Å²) in [6, 6.07) is 16.1. The Bertz CT molecular complexity index is 903. The molecule has 0 aliphatic carbocycles. The molecule has 6 heteroatoms. The van der Waals surface area contributed by atoms with Crippen LogP contribution in [0.4, 0.5) is 4.39 Å². The van der Waals surface area contributed by atoms with E-state index in [-0.39, 0.29) is 17.0 Å². The first-order valence-electron chi connectivity index (χ1n) is 9.43. The van der Waals surface area contributed by atoms with Crippen LogP contribution in [0.25, 0.3) is 0 Å². The van der Waals surface area contributed by atoms with E-state index in [1.807, 2.05) is 36.4 Å². The van der Waals surface area contributed by atoms with Gasteiger partial charge in [0.05, 0.1) is 5.75 Å². The van der Waals surface area contributed by atoms with Gasteiger partial charge in [0.1, 0.15) is 5.82 Å². The fourth-order valence-electron chi connectivity index (χ4n) is 4.40. The number of halogens is 1. The van der Waals surface area contributed by atoms with E-state index in [1.54, 1.807) is 16.4 Å². The van der Waals surface area contributed by atoms with Gasteiger partial charge in [-0.15, -0.1) is 0 Å². The highest BCUT2D eigenvalue weighted by atomic mass is 32.2. The third-order valence-electron chi connectivity index (χ3n) is 5.80. The Morgan fingerprint density at radius 2 is 1.67 bits per heavy atom. The van der Waals surface area contributed by atoms with Gasteiger partial charge in [-0.05, 0) is 48.1 Å². The second-order valence-corrected chi connectivity index (χ2v) is 9.88. The largest absolute Gasteiger partial charge is 0.298 e. The van der Waals surface area contributed by atoms with Gasteiger partial charge in [0, 0.05) is 26.2 Å². The third kappa shape index (κ3) is 4.23. The number of hydrogen-bond donors (Lipinski definition) is 0. The fraction of sp³-hybridized carbons (Fsp3) is 0.429. The van der Waals surface area contributed by atoms with Gasteiger partial charge in [0.2, 0.25) is 10.0 Å². The lowest BCUT2D eigenvalue weighted by atomic mass is 9.86. The molecule has 1 atom stereocenters. The van der Waals surface area contributed by atoms with Gasteiger partial charge in [0.25, 0.3) is 0 Å². The molecule has 2 aromatic carbocycles. The molecule has 0 saturated carbocycles. The van der Waals surface area contributed by atoms with Crippen LogP contribution in [0.1, 0.15) is 24.0 Å². The minimum atomic E-state index is -3.29. The summed E-state index contributed by atoms with van der Waals surface area (Å²) in [5.41, 5.74) is 1.84. The van der Waals surface area contributed by atoms with Crippen LogP contribution in [-0.4, -0.2) is 43.8 Å². The lowest BCUT2D eigenvalue weighted by Gasteiger charge is -2.25. The van der Waals surface area contributed by atoms with E-state index >= 15 is 0 Å². The highest BCUT2D eigenvalue weighted by molar-refractivity contribution is 7.88. The Kier molecular flexibility index (Phi) is 5.05. The summed E-state index contributed by atoms with van der Waals surface area (Å²) in [6.07, 6.45) is 1.90. The van der Waals surface area contributed by atoms with E-state index in [1.165, 1.54) is 6.07 Å². The van der Waals surface area contributed by atoms with Gasteiger partial charge in [-0.3, -0.25) is 4.90 Å². The minimum absolute atomic E-state index is 0.0388. The first kappa shape index (κ1) is 18.6. The molecule has 0 bridgehead atoms. The molecule has 4 rings (SSSR count). The van der Waals surface area contributed by atoms with Crippen molar-refractivity contribution in [1.29, 1.82) is 0 Å². The Morgan fingerprint density at radius 3 is 2.44 bits per heavy atom. The molecule has 0 aromatic heterocycles. The monoisotopic (exact) mass is 388 g/mol. The van der Waals surface area contributed by atoms with Crippen LogP contribution in [0.2, 0.25) is 0 Å². The Hall–Kier alpha value is -1.76. The summed E-state index contributed by atoms with van der Waals surface area (Å²) in [6.45, 7) is 3.73. The molecule has 2 fully saturated rings. The van der Waals surface area contributed by atoms with Gasteiger partial charge >= 0.3 is 0 Å². The molecular formula is C21H25FN2O2S. The number of nitrogens with zero attached hydrogens (tertiary/aromatic N) is 2. The van der Waals surface area contributed by atoms with E-state index in [9.17, 15) is 12.8 Å². The Morgan fingerprint density at radius 1 is 0.926 bits per heavy atom. The maximum atomic E-state index is 13.4. The summed E-state index contributed by atoms with van der Waals surface area (Å²) >= 11 is 0. The second kappa shape index (κ2) is 7.34. The molecule has 27 heavy (non-hydrogen) atoms. The van der Waals surface area contributed by atoms with Gasteiger partial charge < -0.3 is 0 Å². The maximum absolute atomic E-state index is 13.4. The van der Waals surface area contributed by atoms with Crippen LogP contribution < -0.4 is 0 Å². The van der Waals surface area contributed by atoms with Crippen molar-refractivity contribution < 1.29 is 12.8 Å². The van der Waals surface area contributed by atoms with Crippen LogP contribution in [0, 0.1) is 11.2 Å². The molecule has 0 N–H and O–H groups in total. The number of hydrogen-bond acceptors (Lipinski definition) is 3. The smallest absolute Gasteiger partial charge is 0.218 e. The molecule has 1 spiro atoms. The number of likely N-dealkylation sites (tertiary alicyclic amines) is 1. The Balaban J connectivity index is 1.39. The van der Waals surface area contributed by atoms with Crippen molar-refractivity contribution in [3.8, 4) is 0 Å². The van der Waals surface area contributed by atoms with E-state index in [0.717, 1.165) is 43.6 Å². The van der Waals surface area contributed by atoms with Crippen molar-refractivity contribution in [2.24, 2.45) is 5.41 Å². The molecule has 2 saturated heterocycles. The predicted molar refractivity (Wildman–Crippen MR) is 104 cm³/mol. The molecule has 1 unspecified atom stereocenters. The zero-order chi connectivity index (χ0) is 18.9. The van der Waals surface area contributed by atoms with E-state index < -0.39 is 10.0 Å². The van der Waals surface area contributed by atoms with E-state index in [4.69, 9.17) is 0 Å². The van der Waals surface area contributed by atoms with Crippen molar-refractivity contribution in [3.63, 3.8) is 0 Å². The van der Waals surface area contributed by atoms with Crippen LogP contribution in [0.5, 0.6) is 0 Å². The summed E-state index contributed by atoms with van der Waals surface area (Å²) in [5, 5.41) is 0. The van der Waals surface area contributed by atoms with Gasteiger partial charge in [-0.1, -0.05) is 42.5 Å².